The molecule has 4 rings (SSSR count). The second-order valence-electron chi connectivity index (χ2n) is 6.59. The van der Waals surface area contributed by atoms with Crippen molar-refractivity contribution in [1.82, 2.24) is 24.8 Å². The van der Waals surface area contributed by atoms with E-state index in [2.05, 4.69) is 15.3 Å². The van der Waals surface area contributed by atoms with Crippen molar-refractivity contribution in [3.8, 4) is 0 Å². The van der Waals surface area contributed by atoms with E-state index in [0.29, 0.717) is 23.7 Å². The van der Waals surface area contributed by atoms with Crippen molar-refractivity contribution in [3.63, 3.8) is 0 Å². The van der Waals surface area contributed by atoms with Crippen molar-refractivity contribution in [2.24, 2.45) is 12.5 Å². The Morgan fingerprint density at radius 3 is 2.96 bits per heavy atom. The molecule has 1 N–H and O–H groups in total. The van der Waals surface area contributed by atoms with Crippen molar-refractivity contribution in [3.05, 3.63) is 34.8 Å². The third kappa shape index (κ3) is 2.68. The highest BCUT2D eigenvalue weighted by atomic mass is 32.1. The number of thiazole rings is 1. The van der Waals surface area contributed by atoms with Gasteiger partial charge in [-0.2, -0.15) is 0 Å². The Kier molecular flexibility index (Phi) is 3.69. The number of carbonyl (C=O) groups excluding carboxylic acids is 1. The average molecular weight is 331 g/mol. The van der Waals surface area contributed by atoms with Gasteiger partial charge in [-0.15, -0.1) is 11.3 Å². The lowest BCUT2D eigenvalue weighted by molar-refractivity contribution is 0.0680. The van der Waals surface area contributed by atoms with Crippen LogP contribution in [0.25, 0.3) is 0 Å². The zero-order valence-corrected chi connectivity index (χ0v) is 14.1. The predicted octanol–water partition coefficient (Wildman–Crippen LogP) is 1.66. The molecule has 1 amide bonds. The van der Waals surface area contributed by atoms with Gasteiger partial charge in [-0.25, -0.2) is 9.97 Å². The molecule has 1 saturated carbocycles. The fraction of sp³-hybridized carbons (Fsp3) is 0.562. The maximum atomic E-state index is 13.0. The Morgan fingerprint density at radius 1 is 1.48 bits per heavy atom. The molecule has 2 aliphatic rings. The van der Waals surface area contributed by atoms with Crippen LogP contribution in [0.2, 0.25) is 0 Å². The molecule has 0 bridgehead atoms. The van der Waals surface area contributed by atoms with Crippen LogP contribution in [0, 0.1) is 5.41 Å². The third-order valence-corrected chi connectivity index (χ3v) is 5.85. The summed E-state index contributed by atoms with van der Waals surface area (Å²) in [6, 6.07) is 0.315. The molecule has 3 heterocycles. The van der Waals surface area contributed by atoms with Gasteiger partial charge in [0, 0.05) is 30.9 Å². The van der Waals surface area contributed by atoms with Gasteiger partial charge in [-0.3, -0.25) is 4.79 Å². The lowest BCUT2D eigenvalue weighted by Gasteiger charge is -2.29. The first-order chi connectivity index (χ1) is 11.2. The summed E-state index contributed by atoms with van der Waals surface area (Å²) < 4.78 is 1.98. The quantitative estimate of drug-likeness (QED) is 0.925. The Balaban J connectivity index is 1.59. The number of amides is 1. The van der Waals surface area contributed by atoms with Crippen molar-refractivity contribution < 1.29 is 4.79 Å². The summed E-state index contributed by atoms with van der Waals surface area (Å²) in [4.78, 5) is 23.6. The highest BCUT2D eigenvalue weighted by Crippen LogP contribution is 2.56. The number of hydrogen-bond donors (Lipinski definition) is 1. The first-order valence-corrected chi connectivity index (χ1v) is 9.00. The summed E-state index contributed by atoms with van der Waals surface area (Å²) in [5, 5.41) is 5.26. The van der Waals surface area contributed by atoms with Crippen LogP contribution in [0.1, 0.15) is 35.6 Å². The Morgan fingerprint density at radius 2 is 2.30 bits per heavy atom. The molecule has 122 valence electrons. The van der Waals surface area contributed by atoms with Crippen LogP contribution in [0.4, 0.5) is 0 Å². The molecule has 1 aliphatic heterocycles. The Bertz CT molecular complexity index is 689. The van der Waals surface area contributed by atoms with Gasteiger partial charge in [-0.1, -0.05) is 0 Å². The van der Waals surface area contributed by atoms with Crippen LogP contribution in [0.15, 0.2) is 23.3 Å². The van der Waals surface area contributed by atoms with Crippen molar-refractivity contribution in [2.45, 2.75) is 31.8 Å². The summed E-state index contributed by atoms with van der Waals surface area (Å²) >= 11 is 1.47. The van der Waals surface area contributed by atoms with Crippen LogP contribution in [0.5, 0.6) is 0 Å². The van der Waals surface area contributed by atoms with Gasteiger partial charge in [0.25, 0.3) is 5.91 Å². The number of nitrogens with one attached hydrogen (secondary N) is 1. The topological polar surface area (TPSA) is 63.1 Å². The molecular formula is C16H21N5OS. The molecular weight excluding hydrogens is 310 g/mol. The average Bonchev–Trinajstić information content (AvgIpc) is 2.98. The van der Waals surface area contributed by atoms with Crippen LogP contribution >= 0.6 is 11.3 Å². The van der Waals surface area contributed by atoms with E-state index in [4.69, 9.17) is 0 Å². The van der Waals surface area contributed by atoms with Crippen molar-refractivity contribution >= 4 is 17.2 Å². The SMILES string of the molecule is Cn1ccnc1CN(C(=O)c1cscn1)[C@@H]1CC12CCNCC2. The van der Waals surface area contributed by atoms with Gasteiger partial charge in [0.15, 0.2) is 0 Å². The van der Waals surface area contributed by atoms with E-state index in [1.165, 1.54) is 11.3 Å². The highest BCUT2D eigenvalue weighted by Gasteiger charge is 2.58. The monoisotopic (exact) mass is 331 g/mol. The number of imidazole rings is 1. The largest absolute Gasteiger partial charge is 0.337 e. The minimum absolute atomic E-state index is 0.0367. The third-order valence-electron chi connectivity index (χ3n) is 5.27. The maximum Gasteiger partial charge on any atom is 0.273 e. The molecule has 2 aromatic heterocycles. The molecule has 23 heavy (non-hydrogen) atoms. The number of nitrogens with zero attached hydrogens (tertiary/aromatic N) is 4. The lowest BCUT2D eigenvalue weighted by atomic mass is 9.93. The standard InChI is InChI=1S/C16H21N5OS/c1-20-7-6-18-14(20)9-21(15(22)12-10-23-11-19-12)13-8-16(13)2-4-17-5-3-16/h6-7,10-11,13,17H,2-5,8-9H2,1H3/t13-/m1/s1. The number of carbonyl (C=O) groups is 1. The van der Waals surface area contributed by atoms with Gasteiger partial charge in [0.2, 0.25) is 0 Å². The normalized spacial score (nSPS) is 22.2. The van der Waals surface area contributed by atoms with Crippen LogP contribution < -0.4 is 5.32 Å². The first-order valence-electron chi connectivity index (χ1n) is 8.06. The maximum absolute atomic E-state index is 13.0. The number of piperidine rings is 1. The van der Waals surface area contributed by atoms with Gasteiger partial charge < -0.3 is 14.8 Å². The van der Waals surface area contributed by atoms with E-state index in [0.717, 1.165) is 38.2 Å². The highest BCUT2D eigenvalue weighted by molar-refractivity contribution is 7.07. The van der Waals surface area contributed by atoms with Crippen molar-refractivity contribution in [1.29, 1.82) is 0 Å². The van der Waals surface area contributed by atoms with Crippen molar-refractivity contribution in [2.75, 3.05) is 13.1 Å². The molecule has 7 heteroatoms. The molecule has 2 aromatic rings. The van der Waals surface area contributed by atoms with Gasteiger partial charge in [0.05, 0.1) is 12.1 Å². The summed E-state index contributed by atoms with van der Waals surface area (Å²) in [5.41, 5.74) is 2.58. The van der Waals surface area contributed by atoms with Crippen LogP contribution in [-0.2, 0) is 13.6 Å². The van der Waals surface area contributed by atoms with E-state index < -0.39 is 0 Å². The molecule has 1 aliphatic carbocycles. The summed E-state index contributed by atoms with van der Waals surface area (Å²) in [7, 11) is 1.97. The summed E-state index contributed by atoms with van der Waals surface area (Å²) in [5.74, 6) is 0.958. The zero-order valence-electron chi connectivity index (χ0n) is 13.2. The molecule has 2 fully saturated rings. The molecule has 1 saturated heterocycles. The van der Waals surface area contributed by atoms with E-state index in [1.807, 2.05) is 28.1 Å². The number of aromatic nitrogens is 3. The Labute approximate surface area is 139 Å². The van der Waals surface area contributed by atoms with E-state index in [9.17, 15) is 4.79 Å². The van der Waals surface area contributed by atoms with E-state index in [-0.39, 0.29) is 5.91 Å². The second kappa shape index (κ2) is 5.72. The fourth-order valence-corrected chi connectivity index (χ4v) is 4.24. The molecule has 1 spiro atoms. The first kappa shape index (κ1) is 14.8. The van der Waals surface area contributed by atoms with Gasteiger partial charge in [-0.05, 0) is 37.8 Å². The minimum Gasteiger partial charge on any atom is -0.337 e. The zero-order chi connectivity index (χ0) is 15.9. The molecule has 1 atom stereocenters. The number of aryl methyl sites for hydroxylation is 1. The number of rotatable bonds is 4. The van der Waals surface area contributed by atoms with E-state index >= 15 is 0 Å². The fourth-order valence-electron chi connectivity index (χ4n) is 3.72. The predicted molar refractivity (Wildman–Crippen MR) is 88.1 cm³/mol. The lowest BCUT2D eigenvalue weighted by Crippen LogP contribution is -2.39. The van der Waals surface area contributed by atoms with Crippen LogP contribution in [0.3, 0.4) is 0 Å². The molecule has 6 nitrogen and oxygen atoms in total. The van der Waals surface area contributed by atoms with E-state index in [1.54, 1.807) is 11.7 Å². The number of hydrogen-bond acceptors (Lipinski definition) is 5. The summed E-state index contributed by atoms with van der Waals surface area (Å²) in [6.45, 7) is 2.66. The molecule has 0 aromatic carbocycles. The smallest absolute Gasteiger partial charge is 0.273 e. The van der Waals surface area contributed by atoms with Gasteiger partial charge >= 0.3 is 0 Å². The summed E-state index contributed by atoms with van der Waals surface area (Å²) in [6.07, 6.45) is 7.12. The Hall–Kier alpha value is -1.73. The second-order valence-corrected chi connectivity index (χ2v) is 7.31. The molecule has 0 radical (unpaired) electrons. The van der Waals surface area contributed by atoms with Crippen LogP contribution in [-0.4, -0.2) is 44.5 Å². The molecule has 0 unspecified atom stereocenters. The van der Waals surface area contributed by atoms with Gasteiger partial charge in [0.1, 0.15) is 11.5 Å². The minimum atomic E-state index is 0.0367.